The number of ether oxygens (including phenoxy) is 1. The molecule has 0 bridgehead atoms. The van der Waals surface area contributed by atoms with Crippen LogP contribution in [0.25, 0.3) is 10.6 Å². The highest BCUT2D eigenvalue weighted by atomic mass is 32.1. The number of hydrogen-bond donors (Lipinski definition) is 1. The minimum Gasteiger partial charge on any atom is -0.497 e. The first kappa shape index (κ1) is 13.3. The van der Waals surface area contributed by atoms with Gasteiger partial charge in [0.15, 0.2) is 0 Å². The number of nitrogens with zero attached hydrogens (tertiary/aromatic N) is 1. The molecule has 0 amide bonds. The Kier molecular flexibility index (Phi) is 3.82. The number of thiophene rings is 1. The Hall–Kier alpha value is -1.69. The summed E-state index contributed by atoms with van der Waals surface area (Å²) >= 11 is 3.27. The Balaban J connectivity index is 1.86. The minimum atomic E-state index is -0.141. The Morgan fingerprint density at radius 2 is 1.95 bits per heavy atom. The van der Waals surface area contributed by atoms with E-state index in [0.29, 0.717) is 0 Å². The van der Waals surface area contributed by atoms with Crippen molar-refractivity contribution in [2.45, 2.75) is 6.04 Å². The van der Waals surface area contributed by atoms with Crippen molar-refractivity contribution >= 4 is 22.7 Å². The normalized spacial score (nSPS) is 12.3. The zero-order valence-corrected chi connectivity index (χ0v) is 12.6. The Labute approximate surface area is 125 Å². The topological polar surface area (TPSA) is 48.1 Å². The first-order valence-electron chi connectivity index (χ1n) is 6.17. The van der Waals surface area contributed by atoms with E-state index in [2.05, 4.69) is 4.98 Å². The van der Waals surface area contributed by atoms with Crippen LogP contribution in [0.2, 0.25) is 0 Å². The van der Waals surface area contributed by atoms with E-state index in [1.807, 2.05) is 47.2 Å². The highest BCUT2D eigenvalue weighted by Gasteiger charge is 2.14. The van der Waals surface area contributed by atoms with Gasteiger partial charge in [-0.1, -0.05) is 6.07 Å². The van der Waals surface area contributed by atoms with E-state index >= 15 is 0 Å². The Bertz CT molecular complexity index is 674. The fourth-order valence-electron chi connectivity index (χ4n) is 1.91. The minimum absolute atomic E-state index is 0.141. The predicted molar refractivity (Wildman–Crippen MR) is 84.5 cm³/mol. The van der Waals surface area contributed by atoms with Crippen LogP contribution in [-0.4, -0.2) is 12.1 Å². The van der Waals surface area contributed by atoms with Gasteiger partial charge in [-0.2, -0.15) is 0 Å². The van der Waals surface area contributed by atoms with Crippen LogP contribution in [0.5, 0.6) is 5.75 Å². The van der Waals surface area contributed by atoms with Crippen molar-refractivity contribution in [2.24, 2.45) is 5.73 Å². The first-order valence-corrected chi connectivity index (χ1v) is 7.92. The molecule has 102 valence electrons. The Morgan fingerprint density at radius 1 is 1.15 bits per heavy atom. The molecule has 3 rings (SSSR count). The molecule has 20 heavy (non-hydrogen) atoms. The van der Waals surface area contributed by atoms with Crippen LogP contribution in [0.4, 0.5) is 0 Å². The lowest BCUT2D eigenvalue weighted by Crippen LogP contribution is -2.10. The Morgan fingerprint density at radius 3 is 2.60 bits per heavy atom. The van der Waals surface area contributed by atoms with Gasteiger partial charge < -0.3 is 10.5 Å². The third kappa shape index (κ3) is 2.60. The molecule has 0 saturated carbocycles. The van der Waals surface area contributed by atoms with Crippen LogP contribution in [0.1, 0.15) is 16.6 Å². The molecule has 0 radical (unpaired) electrons. The van der Waals surface area contributed by atoms with Crippen LogP contribution >= 0.6 is 22.7 Å². The number of hydrogen-bond acceptors (Lipinski definition) is 5. The summed E-state index contributed by atoms with van der Waals surface area (Å²) in [5.41, 5.74) is 8.24. The summed E-state index contributed by atoms with van der Waals surface area (Å²) in [5, 5.41) is 5.05. The van der Waals surface area contributed by atoms with Gasteiger partial charge in [-0.25, -0.2) is 4.98 Å². The summed E-state index contributed by atoms with van der Waals surface area (Å²) in [5.74, 6) is 0.848. The maximum Gasteiger partial charge on any atom is 0.123 e. The van der Waals surface area contributed by atoms with Gasteiger partial charge in [0.1, 0.15) is 10.8 Å². The number of benzene rings is 1. The second kappa shape index (κ2) is 5.75. The van der Waals surface area contributed by atoms with Crippen LogP contribution in [0, 0.1) is 0 Å². The highest BCUT2D eigenvalue weighted by Crippen LogP contribution is 2.30. The van der Waals surface area contributed by atoms with E-state index in [1.54, 1.807) is 29.8 Å². The molecule has 0 saturated heterocycles. The molecule has 0 aliphatic rings. The van der Waals surface area contributed by atoms with Gasteiger partial charge in [0, 0.05) is 15.8 Å². The van der Waals surface area contributed by atoms with Gasteiger partial charge in [-0.15, -0.1) is 22.7 Å². The van der Waals surface area contributed by atoms with Gasteiger partial charge in [0.05, 0.1) is 18.8 Å². The van der Waals surface area contributed by atoms with Crippen molar-refractivity contribution in [2.75, 3.05) is 7.11 Å². The van der Waals surface area contributed by atoms with Gasteiger partial charge in [-0.3, -0.25) is 0 Å². The number of methoxy groups -OCH3 is 1. The summed E-state index contributed by atoms with van der Waals surface area (Å²) in [6, 6.07) is 11.8. The van der Waals surface area contributed by atoms with Crippen molar-refractivity contribution in [1.82, 2.24) is 4.98 Å². The molecule has 5 heteroatoms. The monoisotopic (exact) mass is 302 g/mol. The standard InChI is InChI=1S/C15H14N2OS2/c1-18-11-6-4-10(5-7-11)15-17-12(9-20-15)14(16)13-3-2-8-19-13/h2-9,14H,16H2,1H3. The van der Waals surface area contributed by atoms with Crippen molar-refractivity contribution in [3.8, 4) is 16.3 Å². The maximum atomic E-state index is 6.23. The molecule has 2 aromatic heterocycles. The van der Waals surface area contributed by atoms with E-state index in [0.717, 1.165) is 26.9 Å². The summed E-state index contributed by atoms with van der Waals surface area (Å²) in [4.78, 5) is 5.79. The molecule has 1 unspecified atom stereocenters. The molecule has 3 aromatic rings. The number of nitrogens with two attached hydrogens (primary N) is 1. The van der Waals surface area contributed by atoms with E-state index in [1.165, 1.54) is 0 Å². The average molecular weight is 302 g/mol. The maximum absolute atomic E-state index is 6.23. The van der Waals surface area contributed by atoms with Gasteiger partial charge >= 0.3 is 0 Å². The van der Waals surface area contributed by atoms with E-state index in [9.17, 15) is 0 Å². The zero-order chi connectivity index (χ0) is 13.9. The van der Waals surface area contributed by atoms with E-state index in [4.69, 9.17) is 10.5 Å². The van der Waals surface area contributed by atoms with E-state index in [-0.39, 0.29) is 6.04 Å². The number of rotatable bonds is 4. The molecular formula is C15H14N2OS2. The highest BCUT2D eigenvalue weighted by molar-refractivity contribution is 7.13. The molecular weight excluding hydrogens is 288 g/mol. The molecule has 0 aliphatic heterocycles. The molecule has 2 N–H and O–H groups in total. The molecule has 0 aliphatic carbocycles. The lowest BCUT2D eigenvalue weighted by Gasteiger charge is -2.05. The molecule has 0 fully saturated rings. The fourth-order valence-corrected chi connectivity index (χ4v) is 3.51. The fraction of sp³-hybridized carbons (Fsp3) is 0.133. The van der Waals surface area contributed by atoms with Crippen LogP contribution in [0.3, 0.4) is 0 Å². The number of thiazole rings is 1. The van der Waals surface area contributed by atoms with Crippen molar-refractivity contribution in [1.29, 1.82) is 0 Å². The largest absolute Gasteiger partial charge is 0.497 e. The van der Waals surface area contributed by atoms with Gasteiger partial charge in [0.2, 0.25) is 0 Å². The summed E-state index contributed by atoms with van der Waals surface area (Å²) in [6.45, 7) is 0. The first-order chi connectivity index (χ1) is 9.78. The molecule has 1 aromatic carbocycles. The van der Waals surface area contributed by atoms with Gasteiger partial charge in [-0.05, 0) is 35.7 Å². The second-order valence-corrected chi connectivity index (χ2v) is 6.14. The van der Waals surface area contributed by atoms with Crippen LogP contribution in [0.15, 0.2) is 47.2 Å². The van der Waals surface area contributed by atoms with Gasteiger partial charge in [0.25, 0.3) is 0 Å². The molecule has 0 spiro atoms. The predicted octanol–water partition coefficient (Wildman–Crippen LogP) is 3.93. The van der Waals surface area contributed by atoms with Crippen LogP contribution in [-0.2, 0) is 0 Å². The van der Waals surface area contributed by atoms with Crippen LogP contribution < -0.4 is 10.5 Å². The second-order valence-electron chi connectivity index (χ2n) is 4.30. The third-order valence-electron chi connectivity index (χ3n) is 3.03. The SMILES string of the molecule is COc1ccc(-c2nc(C(N)c3cccs3)cs2)cc1. The summed E-state index contributed by atoms with van der Waals surface area (Å²) in [7, 11) is 1.66. The van der Waals surface area contributed by atoms with E-state index < -0.39 is 0 Å². The quantitative estimate of drug-likeness (QED) is 0.794. The van der Waals surface area contributed by atoms with Crippen molar-refractivity contribution < 1.29 is 4.74 Å². The number of aromatic nitrogens is 1. The summed E-state index contributed by atoms with van der Waals surface area (Å²) in [6.07, 6.45) is 0. The van der Waals surface area contributed by atoms with Crippen molar-refractivity contribution in [3.63, 3.8) is 0 Å². The molecule has 3 nitrogen and oxygen atoms in total. The average Bonchev–Trinajstić information content (AvgIpc) is 3.18. The van der Waals surface area contributed by atoms with Crippen molar-refractivity contribution in [3.05, 3.63) is 57.7 Å². The lowest BCUT2D eigenvalue weighted by molar-refractivity contribution is 0.415. The smallest absolute Gasteiger partial charge is 0.123 e. The lowest BCUT2D eigenvalue weighted by atomic mass is 10.2. The summed E-state index contributed by atoms with van der Waals surface area (Å²) < 4.78 is 5.16. The molecule has 1 atom stereocenters. The zero-order valence-electron chi connectivity index (χ0n) is 10.9. The third-order valence-corrected chi connectivity index (χ3v) is 4.89. The molecule has 2 heterocycles.